The largest absolute Gasteiger partial charge is 0.317 e. The number of aldehydes is 1. The van der Waals surface area contributed by atoms with Crippen molar-refractivity contribution >= 4 is 6.29 Å². The van der Waals surface area contributed by atoms with E-state index in [1.807, 2.05) is 27.7 Å². The Bertz CT molecular complexity index is 183. The summed E-state index contributed by atoms with van der Waals surface area (Å²) < 4.78 is 0. The first-order valence-electron chi connectivity index (χ1n) is 7.24. The maximum absolute atomic E-state index is 10.7. The number of carbonyl (C=O) groups excluding carboxylic acids is 1. The molecule has 0 radical (unpaired) electrons. The maximum atomic E-state index is 10.7. The first kappa shape index (κ1) is 16.6. The van der Waals surface area contributed by atoms with Crippen LogP contribution in [0.25, 0.3) is 0 Å². The van der Waals surface area contributed by atoms with Crippen molar-refractivity contribution in [2.45, 2.75) is 59.4 Å². The summed E-state index contributed by atoms with van der Waals surface area (Å²) in [6, 6.07) is 0.117. The highest BCUT2D eigenvalue weighted by Gasteiger charge is 2.36. The molecule has 0 aliphatic carbocycles. The molecule has 2 N–H and O–H groups in total. The highest BCUT2D eigenvalue weighted by molar-refractivity contribution is 5.57. The van der Waals surface area contributed by atoms with E-state index in [0.29, 0.717) is 5.41 Å². The zero-order valence-corrected chi connectivity index (χ0v) is 12.0. The summed E-state index contributed by atoms with van der Waals surface area (Å²) >= 11 is 0. The van der Waals surface area contributed by atoms with Gasteiger partial charge in [0.25, 0.3) is 0 Å². The minimum absolute atomic E-state index is 0.117. The lowest BCUT2D eigenvalue weighted by Crippen LogP contribution is -2.48. The van der Waals surface area contributed by atoms with E-state index in [0.717, 1.165) is 32.3 Å². The van der Waals surface area contributed by atoms with Crippen LogP contribution in [-0.2, 0) is 4.79 Å². The highest BCUT2D eigenvalue weighted by atomic mass is 16.1. The fourth-order valence-electron chi connectivity index (χ4n) is 2.67. The van der Waals surface area contributed by atoms with Gasteiger partial charge in [0, 0.05) is 0 Å². The van der Waals surface area contributed by atoms with Gasteiger partial charge in [0.1, 0.15) is 6.29 Å². The Morgan fingerprint density at radius 3 is 2.06 bits per heavy atom. The topological polar surface area (TPSA) is 41.1 Å². The fourth-order valence-corrected chi connectivity index (χ4v) is 2.67. The van der Waals surface area contributed by atoms with Crippen molar-refractivity contribution in [3.05, 3.63) is 0 Å². The normalized spacial score (nSPS) is 26.0. The summed E-state index contributed by atoms with van der Waals surface area (Å²) in [6.45, 7) is 11.3. The van der Waals surface area contributed by atoms with E-state index in [4.69, 9.17) is 0 Å². The molecule has 2 aliphatic heterocycles. The van der Waals surface area contributed by atoms with Crippen LogP contribution in [0.3, 0.4) is 0 Å². The molecule has 2 saturated heterocycles. The van der Waals surface area contributed by atoms with Gasteiger partial charge in [-0.25, -0.2) is 0 Å². The van der Waals surface area contributed by atoms with Crippen LogP contribution in [0.4, 0.5) is 0 Å². The van der Waals surface area contributed by atoms with Gasteiger partial charge >= 0.3 is 0 Å². The van der Waals surface area contributed by atoms with E-state index < -0.39 is 0 Å². The van der Waals surface area contributed by atoms with Crippen LogP contribution in [0.15, 0.2) is 0 Å². The van der Waals surface area contributed by atoms with Gasteiger partial charge in [-0.15, -0.1) is 0 Å². The molecule has 0 aromatic heterocycles. The Balaban J connectivity index is 0.000000581. The predicted molar refractivity (Wildman–Crippen MR) is 74.3 cm³/mol. The Morgan fingerprint density at radius 2 is 1.53 bits per heavy atom. The predicted octanol–water partition coefficient (Wildman–Crippen LogP) is 2.36. The van der Waals surface area contributed by atoms with Gasteiger partial charge in [-0.3, -0.25) is 0 Å². The maximum Gasteiger partial charge on any atom is 0.136 e. The van der Waals surface area contributed by atoms with Gasteiger partial charge in [0.15, 0.2) is 0 Å². The van der Waals surface area contributed by atoms with Crippen molar-refractivity contribution in [1.29, 1.82) is 0 Å². The molecule has 1 unspecified atom stereocenters. The number of hydrogen-bond acceptors (Lipinski definition) is 3. The first-order valence-corrected chi connectivity index (χ1v) is 7.24. The average molecular weight is 242 g/mol. The lowest BCUT2D eigenvalue weighted by molar-refractivity contribution is -0.111. The van der Waals surface area contributed by atoms with E-state index in [2.05, 4.69) is 10.6 Å². The summed E-state index contributed by atoms with van der Waals surface area (Å²) in [5.74, 6) is 0. The second-order valence-electron chi connectivity index (χ2n) is 4.40. The molecule has 102 valence electrons. The summed E-state index contributed by atoms with van der Waals surface area (Å²) in [5, 5.41) is 6.63. The Labute approximate surface area is 107 Å². The molecule has 1 spiro atoms. The third-order valence-corrected chi connectivity index (χ3v) is 3.54. The van der Waals surface area contributed by atoms with E-state index >= 15 is 0 Å². The molecule has 3 nitrogen and oxygen atoms in total. The number of carbonyl (C=O) groups is 1. The molecule has 2 aliphatic rings. The van der Waals surface area contributed by atoms with E-state index in [1.165, 1.54) is 19.3 Å². The number of hydrogen-bond donors (Lipinski definition) is 2. The third kappa shape index (κ3) is 5.17. The van der Waals surface area contributed by atoms with E-state index in [-0.39, 0.29) is 6.04 Å². The fraction of sp³-hybridized carbons (Fsp3) is 0.929. The van der Waals surface area contributed by atoms with Crippen LogP contribution in [0.2, 0.25) is 0 Å². The molecule has 0 saturated carbocycles. The molecule has 2 fully saturated rings. The highest BCUT2D eigenvalue weighted by Crippen LogP contribution is 2.38. The van der Waals surface area contributed by atoms with Crippen molar-refractivity contribution < 1.29 is 4.79 Å². The molecule has 0 bridgehead atoms. The van der Waals surface area contributed by atoms with E-state index in [9.17, 15) is 4.79 Å². The Hall–Kier alpha value is -0.410. The number of piperidine rings is 2. The summed E-state index contributed by atoms with van der Waals surface area (Å²) in [6.07, 6.45) is 5.87. The molecule has 17 heavy (non-hydrogen) atoms. The summed E-state index contributed by atoms with van der Waals surface area (Å²) in [4.78, 5) is 10.7. The standard InChI is InChI=1S/C10H18N2O.2C2H6/c13-8-9-7-10(3-6-12-9)1-4-11-5-2-10;2*1-2/h8-9,11-12H,1-7H2;2*1-2H3. The van der Waals surface area contributed by atoms with Crippen LogP contribution < -0.4 is 10.6 Å². The molecule has 2 rings (SSSR count). The lowest BCUT2D eigenvalue weighted by Gasteiger charge is -2.43. The molecule has 3 heteroatoms. The van der Waals surface area contributed by atoms with Crippen LogP contribution in [0, 0.1) is 5.41 Å². The van der Waals surface area contributed by atoms with Gasteiger partial charge in [-0.1, -0.05) is 27.7 Å². The van der Waals surface area contributed by atoms with Crippen molar-refractivity contribution in [1.82, 2.24) is 10.6 Å². The second kappa shape index (κ2) is 9.60. The Morgan fingerprint density at radius 1 is 1.00 bits per heavy atom. The molecule has 2 heterocycles. The van der Waals surface area contributed by atoms with Crippen LogP contribution in [-0.4, -0.2) is 32.0 Å². The minimum atomic E-state index is 0.117. The first-order chi connectivity index (χ1) is 8.35. The van der Waals surface area contributed by atoms with Crippen molar-refractivity contribution in [2.75, 3.05) is 19.6 Å². The van der Waals surface area contributed by atoms with Gasteiger partial charge in [0.05, 0.1) is 6.04 Å². The smallest absolute Gasteiger partial charge is 0.136 e. The van der Waals surface area contributed by atoms with Crippen LogP contribution in [0.5, 0.6) is 0 Å². The van der Waals surface area contributed by atoms with Gasteiger partial charge in [-0.2, -0.15) is 0 Å². The van der Waals surface area contributed by atoms with Crippen LogP contribution >= 0.6 is 0 Å². The van der Waals surface area contributed by atoms with Crippen molar-refractivity contribution in [3.63, 3.8) is 0 Å². The third-order valence-electron chi connectivity index (χ3n) is 3.54. The van der Waals surface area contributed by atoms with Crippen LogP contribution in [0.1, 0.15) is 53.4 Å². The molecular formula is C14H30N2O. The quantitative estimate of drug-likeness (QED) is 0.694. The van der Waals surface area contributed by atoms with Gasteiger partial charge < -0.3 is 15.4 Å². The van der Waals surface area contributed by atoms with E-state index in [1.54, 1.807) is 0 Å². The summed E-state index contributed by atoms with van der Waals surface area (Å²) in [5.41, 5.74) is 0.474. The van der Waals surface area contributed by atoms with Gasteiger partial charge in [-0.05, 0) is 50.7 Å². The minimum Gasteiger partial charge on any atom is -0.317 e. The second-order valence-corrected chi connectivity index (χ2v) is 4.40. The molecule has 0 amide bonds. The number of nitrogens with one attached hydrogen (secondary N) is 2. The average Bonchev–Trinajstić information content (AvgIpc) is 2.44. The molecule has 0 aromatic rings. The molecule has 0 aromatic carbocycles. The molecular weight excluding hydrogens is 212 g/mol. The van der Waals surface area contributed by atoms with Crippen molar-refractivity contribution in [3.8, 4) is 0 Å². The van der Waals surface area contributed by atoms with Gasteiger partial charge in [0.2, 0.25) is 0 Å². The Kier molecular flexibility index (Phi) is 9.37. The molecule has 1 atom stereocenters. The number of rotatable bonds is 1. The zero-order chi connectivity index (χ0) is 13.1. The van der Waals surface area contributed by atoms with Crippen molar-refractivity contribution in [2.24, 2.45) is 5.41 Å². The lowest BCUT2D eigenvalue weighted by atomic mass is 9.70. The monoisotopic (exact) mass is 242 g/mol. The summed E-state index contributed by atoms with van der Waals surface area (Å²) in [7, 11) is 0. The SMILES string of the molecule is CC.CC.O=CC1CC2(CCNCC2)CCN1. The zero-order valence-electron chi connectivity index (χ0n) is 12.0.